The molecule has 96 valence electrons. The Morgan fingerprint density at radius 2 is 2.22 bits per heavy atom. The first kappa shape index (κ1) is 12.9. The van der Waals surface area contributed by atoms with Crippen LogP contribution in [0.1, 0.15) is 12.0 Å². The van der Waals surface area contributed by atoms with Crippen molar-refractivity contribution in [2.75, 3.05) is 18.6 Å². The number of esters is 1. The van der Waals surface area contributed by atoms with E-state index in [1.165, 1.54) is 7.11 Å². The van der Waals surface area contributed by atoms with E-state index in [4.69, 9.17) is 11.6 Å². The van der Waals surface area contributed by atoms with Crippen molar-refractivity contribution in [3.8, 4) is 0 Å². The van der Waals surface area contributed by atoms with Crippen molar-refractivity contribution in [3.05, 3.63) is 28.8 Å². The van der Waals surface area contributed by atoms with E-state index in [-0.39, 0.29) is 24.2 Å². The Balaban J connectivity index is 2.27. The Bertz CT molecular complexity index is 501. The number of methoxy groups -OCH3 is 1. The molecule has 0 bridgehead atoms. The minimum Gasteiger partial charge on any atom is -0.469 e. The molecule has 18 heavy (non-hydrogen) atoms. The summed E-state index contributed by atoms with van der Waals surface area (Å²) in [6, 6.07) is 5.40. The number of halogens is 1. The standard InChI is InChI=1S/C13H14ClNO3/c1-8-10(14)4-3-5-11(8)15-7-9(6-12(15)16)13(17)18-2/h3-5,9H,6-7H2,1-2H3/t9-/m0/s1. The summed E-state index contributed by atoms with van der Waals surface area (Å²) < 4.78 is 4.68. The molecule has 1 aromatic carbocycles. The van der Waals surface area contributed by atoms with Gasteiger partial charge < -0.3 is 9.64 Å². The summed E-state index contributed by atoms with van der Waals surface area (Å²) in [4.78, 5) is 25.0. The molecule has 0 saturated carbocycles. The van der Waals surface area contributed by atoms with Gasteiger partial charge in [0.05, 0.1) is 13.0 Å². The van der Waals surface area contributed by atoms with Gasteiger partial charge in [-0.15, -0.1) is 0 Å². The Hall–Kier alpha value is -1.55. The Morgan fingerprint density at radius 3 is 2.89 bits per heavy atom. The van der Waals surface area contributed by atoms with Crippen LogP contribution in [-0.2, 0) is 14.3 Å². The number of carbonyl (C=O) groups excluding carboxylic acids is 2. The zero-order valence-electron chi connectivity index (χ0n) is 10.3. The fourth-order valence-corrected chi connectivity index (χ4v) is 2.32. The normalized spacial score (nSPS) is 19.2. The van der Waals surface area contributed by atoms with Gasteiger partial charge in [-0.2, -0.15) is 0 Å². The lowest BCUT2D eigenvalue weighted by Crippen LogP contribution is -2.26. The minimum atomic E-state index is -0.388. The average molecular weight is 268 g/mol. The molecule has 0 N–H and O–H groups in total. The van der Waals surface area contributed by atoms with Gasteiger partial charge in [0.2, 0.25) is 5.91 Å². The van der Waals surface area contributed by atoms with Crippen LogP contribution in [0.5, 0.6) is 0 Å². The summed E-state index contributed by atoms with van der Waals surface area (Å²) in [6.45, 7) is 2.21. The fraction of sp³-hybridized carbons (Fsp3) is 0.385. The highest BCUT2D eigenvalue weighted by atomic mass is 35.5. The lowest BCUT2D eigenvalue weighted by atomic mass is 10.1. The van der Waals surface area contributed by atoms with Crippen LogP contribution >= 0.6 is 11.6 Å². The molecule has 1 atom stereocenters. The number of hydrogen-bond acceptors (Lipinski definition) is 3. The lowest BCUT2D eigenvalue weighted by Gasteiger charge is -2.19. The van der Waals surface area contributed by atoms with Gasteiger partial charge in [0.25, 0.3) is 0 Å². The van der Waals surface area contributed by atoms with Crippen LogP contribution in [0, 0.1) is 12.8 Å². The van der Waals surface area contributed by atoms with Gasteiger partial charge in [-0.25, -0.2) is 0 Å². The predicted molar refractivity (Wildman–Crippen MR) is 68.7 cm³/mol. The maximum atomic E-state index is 11.9. The van der Waals surface area contributed by atoms with Gasteiger partial charge in [-0.1, -0.05) is 17.7 Å². The average Bonchev–Trinajstić information content (AvgIpc) is 2.74. The molecule has 1 amide bonds. The molecule has 5 heteroatoms. The number of benzene rings is 1. The van der Waals surface area contributed by atoms with E-state index in [1.807, 2.05) is 13.0 Å². The summed E-state index contributed by atoms with van der Waals surface area (Å²) in [5.41, 5.74) is 1.61. The molecule has 1 aromatic rings. The summed E-state index contributed by atoms with van der Waals surface area (Å²) in [6.07, 6.45) is 0.193. The van der Waals surface area contributed by atoms with Crippen molar-refractivity contribution in [1.29, 1.82) is 0 Å². The van der Waals surface area contributed by atoms with Gasteiger partial charge in [0, 0.05) is 23.7 Å². The molecule has 0 unspecified atom stereocenters. The van der Waals surface area contributed by atoms with E-state index in [0.717, 1.165) is 11.3 Å². The second-order valence-corrected chi connectivity index (χ2v) is 4.72. The molecule has 0 spiro atoms. The van der Waals surface area contributed by atoms with Crippen LogP contribution in [0.15, 0.2) is 18.2 Å². The summed E-state index contributed by atoms with van der Waals surface area (Å²) >= 11 is 6.04. The van der Waals surface area contributed by atoms with E-state index in [1.54, 1.807) is 17.0 Å². The highest BCUT2D eigenvalue weighted by molar-refractivity contribution is 6.31. The number of anilines is 1. The Kier molecular flexibility index (Phi) is 3.57. The molecule has 0 aromatic heterocycles. The molecule has 1 saturated heterocycles. The van der Waals surface area contributed by atoms with Crippen LogP contribution < -0.4 is 4.90 Å². The SMILES string of the molecule is COC(=O)[C@H]1CC(=O)N(c2cccc(Cl)c2C)C1. The summed E-state index contributed by atoms with van der Waals surface area (Å²) in [5.74, 6) is -0.804. The zero-order chi connectivity index (χ0) is 13.3. The van der Waals surface area contributed by atoms with Crippen LogP contribution in [-0.4, -0.2) is 25.5 Å². The first-order valence-electron chi connectivity index (χ1n) is 5.68. The Morgan fingerprint density at radius 1 is 1.50 bits per heavy atom. The zero-order valence-corrected chi connectivity index (χ0v) is 11.0. The van der Waals surface area contributed by atoms with Gasteiger partial charge in [0.15, 0.2) is 0 Å². The third-order valence-corrected chi connectivity index (χ3v) is 3.60. The van der Waals surface area contributed by atoms with E-state index in [0.29, 0.717) is 11.6 Å². The fourth-order valence-electron chi connectivity index (χ4n) is 2.15. The first-order valence-corrected chi connectivity index (χ1v) is 6.05. The van der Waals surface area contributed by atoms with Crippen LogP contribution in [0.2, 0.25) is 5.02 Å². The number of nitrogens with zero attached hydrogens (tertiary/aromatic N) is 1. The van der Waals surface area contributed by atoms with Crippen molar-refractivity contribution in [2.45, 2.75) is 13.3 Å². The van der Waals surface area contributed by atoms with Gasteiger partial charge in [-0.05, 0) is 24.6 Å². The second kappa shape index (κ2) is 4.98. The molecule has 4 nitrogen and oxygen atoms in total. The monoisotopic (exact) mass is 267 g/mol. The van der Waals surface area contributed by atoms with Crippen molar-refractivity contribution < 1.29 is 14.3 Å². The van der Waals surface area contributed by atoms with Gasteiger partial charge in [0.1, 0.15) is 0 Å². The molecule has 2 rings (SSSR count). The summed E-state index contributed by atoms with van der Waals surface area (Å²) in [7, 11) is 1.33. The largest absolute Gasteiger partial charge is 0.469 e. The maximum Gasteiger partial charge on any atom is 0.311 e. The first-order chi connectivity index (χ1) is 8.54. The highest BCUT2D eigenvalue weighted by Gasteiger charge is 2.36. The molecule has 0 aliphatic carbocycles. The molecule has 1 fully saturated rings. The number of hydrogen-bond donors (Lipinski definition) is 0. The molecular weight excluding hydrogens is 254 g/mol. The third kappa shape index (κ3) is 2.20. The van der Waals surface area contributed by atoms with E-state index >= 15 is 0 Å². The third-order valence-electron chi connectivity index (χ3n) is 3.19. The van der Waals surface area contributed by atoms with Crippen molar-refractivity contribution >= 4 is 29.2 Å². The number of carbonyl (C=O) groups is 2. The van der Waals surface area contributed by atoms with Crippen molar-refractivity contribution in [1.82, 2.24) is 0 Å². The van der Waals surface area contributed by atoms with Crippen LogP contribution in [0.4, 0.5) is 5.69 Å². The summed E-state index contributed by atoms with van der Waals surface area (Å²) in [5, 5.41) is 0.613. The Labute approximate surface area is 110 Å². The highest BCUT2D eigenvalue weighted by Crippen LogP contribution is 2.31. The molecule has 0 radical (unpaired) electrons. The predicted octanol–water partition coefficient (Wildman–Crippen LogP) is 2.17. The number of rotatable bonds is 2. The molecule has 1 aliphatic rings. The van der Waals surface area contributed by atoms with Crippen molar-refractivity contribution in [2.24, 2.45) is 5.92 Å². The minimum absolute atomic E-state index is 0.0734. The van der Waals surface area contributed by atoms with E-state index in [9.17, 15) is 9.59 Å². The topological polar surface area (TPSA) is 46.6 Å². The lowest BCUT2D eigenvalue weighted by molar-refractivity contribution is -0.145. The van der Waals surface area contributed by atoms with E-state index in [2.05, 4.69) is 4.74 Å². The quantitative estimate of drug-likeness (QED) is 0.772. The van der Waals surface area contributed by atoms with Gasteiger partial charge >= 0.3 is 5.97 Å². The number of ether oxygens (including phenoxy) is 1. The van der Waals surface area contributed by atoms with E-state index < -0.39 is 0 Å². The molecule has 1 heterocycles. The second-order valence-electron chi connectivity index (χ2n) is 4.31. The van der Waals surface area contributed by atoms with Crippen LogP contribution in [0.25, 0.3) is 0 Å². The number of amides is 1. The smallest absolute Gasteiger partial charge is 0.311 e. The molecule has 1 aliphatic heterocycles. The van der Waals surface area contributed by atoms with Crippen LogP contribution in [0.3, 0.4) is 0 Å². The van der Waals surface area contributed by atoms with Crippen molar-refractivity contribution in [3.63, 3.8) is 0 Å². The maximum absolute atomic E-state index is 11.9. The van der Waals surface area contributed by atoms with Gasteiger partial charge in [-0.3, -0.25) is 9.59 Å². The molecular formula is C13H14ClNO3.